The normalized spacial score (nSPS) is 21.2. The molecule has 5 rings (SSSR count). The van der Waals surface area contributed by atoms with Crippen molar-refractivity contribution < 1.29 is 9.18 Å². The zero-order valence-corrected chi connectivity index (χ0v) is 17.2. The number of amides is 1. The van der Waals surface area contributed by atoms with E-state index in [1.54, 1.807) is 9.80 Å². The molecule has 0 bridgehead atoms. The van der Waals surface area contributed by atoms with Gasteiger partial charge in [-0.25, -0.2) is 29.3 Å². The van der Waals surface area contributed by atoms with Crippen LogP contribution in [0.4, 0.5) is 10.3 Å². The molecule has 1 aliphatic heterocycles. The number of hydrogen-bond donors (Lipinski definition) is 0. The smallest absolute Gasteiger partial charge is 0.257 e. The number of aromatic nitrogens is 7. The SMILES string of the molecule is O=C(c1cnc(-n2cncn2)nc1)N(C1CC1)C1CCN(c2ncc(Cl)cn2)CC1F. The molecule has 0 N–H and O–H groups in total. The van der Waals surface area contributed by atoms with Gasteiger partial charge in [-0.15, -0.1) is 0 Å². The molecule has 31 heavy (non-hydrogen) atoms. The second-order valence-electron chi connectivity index (χ2n) is 7.57. The molecule has 2 aliphatic rings. The lowest BCUT2D eigenvalue weighted by Crippen LogP contribution is -2.55. The van der Waals surface area contributed by atoms with Crippen molar-refractivity contribution in [3.8, 4) is 5.95 Å². The molecule has 2 atom stereocenters. The molecule has 2 fully saturated rings. The summed E-state index contributed by atoms with van der Waals surface area (Å²) in [5.74, 6) is 0.495. The lowest BCUT2D eigenvalue weighted by Gasteiger charge is -2.40. The zero-order chi connectivity index (χ0) is 21.4. The van der Waals surface area contributed by atoms with E-state index in [9.17, 15) is 4.79 Å². The largest absolute Gasteiger partial charge is 0.338 e. The van der Waals surface area contributed by atoms with Gasteiger partial charge >= 0.3 is 0 Å². The first-order valence-electron chi connectivity index (χ1n) is 9.96. The van der Waals surface area contributed by atoms with E-state index in [2.05, 4.69) is 30.0 Å². The number of carbonyl (C=O) groups is 1. The number of anilines is 1. The summed E-state index contributed by atoms with van der Waals surface area (Å²) < 4.78 is 16.7. The van der Waals surface area contributed by atoms with Crippen molar-refractivity contribution >= 4 is 23.5 Å². The Morgan fingerprint density at radius 1 is 1.06 bits per heavy atom. The standard InChI is InChI=1S/C19H19ClFN9O/c20-13-7-25-18(26-8-13)28-4-3-16(15(21)9-28)30(14-1-2-14)17(31)12-5-23-19(24-6-12)29-11-22-10-27-29/h5-8,10-11,14-16H,1-4,9H2. The van der Waals surface area contributed by atoms with Crippen LogP contribution in [0.2, 0.25) is 5.02 Å². The Hall–Kier alpha value is -3.21. The minimum absolute atomic E-state index is 0.0454. The van der Waals surface area contributed by atoms with E-state index in [0.29, 0.717) is 35.4 Å². The first-order chi connectivity index (χ1) is 15.1. The van der Waals surface area contributed by atoms with E-state index in [1.165, 1.54) is 42.1 Å². The average molecular weight is 444 g/mol. The highest BCUT2D eigenvalue weighted by molar-refractivity contribution is 6.30. The summed E-state index contributed by atoms with van der Waals surface area (Å²) in [6.45, 7) is 0.662. The molecule has 10 nitrogen and oxygen atoms in total. The number of halogens is 2. The highest BCUT2D eigenvalue weighted by Gasteiger charge is 2.43. The van der Waals surface area contributed by atoms with Gasteiger partial charge in [0.05, 0.1) is 35.6 Å². The van der Waals surface area contributed by atoms with Crippen molar-refractivity contribution in [2.24, 2.45) is 0 Å². The van der Waals surface area contributed by atoms with E-state index in [0.717, 1.165) is 12.8 Å². The van der Waals surface area contributed by atoms with Crippen LogP contribution in [0.1, 0.15) is 29.6 Å². The topological polar surface area (TPSA) is 106 Å². The van der Waals surface area contributed by atoms with Gasteiger partial charge in [-0.1, -0.05) is 11.6 Å². The van der Waals surface area contributed by atoms with Crippen molar-refractivity contribution in [1.29, 1.82) is 0 Å². The van der Waals surface area contributed by atoms with Crippen LogP contribution in [0.25, 0.3) is 5.95 Å². The summed E-state index contributed by atoms with van der Waals surface area (Å²) >= 11 is 5.84. The van der Waals surface area contributed by atoms with E-state index in [1.807, 2.05) is 0 Å². The van der Waals surface area contributed by atoms with Crippen LogP contribution >= 0.6 is 11.6 Å². The Bertz CT molecular complexity index is 1040. The molecule has 1 saturated heterocycles. The van der Waals surface area contributed by atoms with E-state index in [-0.39, 0.29) is 18.5 Å². The van der Waals surface area contributed by atoms with Gasteiger partial charge < -0.3 is 9.80 Å². The van der Waals surface area contributed by atoms with Gasteiger partial charge in [-0.2, -0.15) is 9.78 Å². The van der Waals surface area contributed by atoms with E-state index in [4.69, 9.17) is 11.6 Å². The Labute approximate surface area is 182 Å². The number of nitrogens with zero attached hydrogens (tertiary/aromatic N) is 9. The molecule has 3 aromatic heterocycles. The van der Waals surface area contributed by atoms with Gasteiger partial charge in [0.25, 0.3) is 11.9 Å². The van der Waals surface area contributed by atoms with Crippen LogP contribution in [0.5, 0.6) is 0 Å². The molecule has 0 radical (unpaired) electrons. The van der Waals surface area contributed by atoms with E-state index < -0.39 is 12.2 Å². The fraction of sp³-hybridized carbons (Fsp3) is 0.421. The summed E-state index contributed by atoms with van der Waals surface area (Å²) in [4.78, 5) is 37.3. The van der Waals surface area contributed by atoms with Gasteiger partial charge in [0.15, 0.2) is 0 Å². The Morgan fingerprint density at radius 2 is 1.77 bits per heavy atom. The van der Waals surface area contributed by atoms with Gasteiger partial charge in [-0.3, -0.25) is 4.79 Å². The summed E-state index contributed by atoms with van der Waals surface area (Å²) in [5, 5.41) is 4.40. The number of rotatable bonds is 5. The van der Waals surface area contributed by atoms with Crippen molar-refractivity contribution in [1.82, 2.24) is 39.6 Å². The molecular weight excluding hydrogens is 425 g/mol. The molecule has 160 valence electrons. The second kappa shape index (κ2) is 8.14. The lowest BCUT2D eigenvalue weighted by molar-refractivity contribution is 0.0485. The monoisotopic (exact) mass is 443 g/mol. The fourth-order valence-electron chi connectivity index (χ4n) is 3.81. The maximum Gasteiger partial charge on any atom is 0.257 e. The van der Waals surface area contributed by atoms with Gasteiger partial charge in [0.2, 0.25) is 5.95 Å². The van der Waals surface area contributed by atoms with Crippen molar-refractivity contribution in [3.63, 3.8) is 0 Å². The third-order valence-corrected chi connectivity index (χ3v) is 5.63. The van der Waals surface area contributed by atoms with E-state index >= 15 is 4.39 Å². The summed E-state index contributed by atoms with van der Waals surface area (Å²) in [5.41, 5.74) is 0.325. The first kappa shape index (κ1) is 19.7. The summed E-state index contributed by atoms with van der Waals surface area (Å²) in [6.07, 6.45) is 9.73. The maximum atomic E-state index is 15.3. The van der Waals surface area contributed by atoms with Gasteiger partial charge in [0.1, 0.15) is 18.8 Å². The van der Waals surface area contributed by atoms with Gasteiger partial charge in [0, 0.05) is 25.0 Å². The Kier molecular flexibility index (Phi) is 5.18. The molecule has 12 heteroatoms. The molecule has 4 heterocycles. The van der Waals surface area contributed by atoms with Gasteiger partial charge in [-0.05, 0) is 19.3 Å². The van der Waals surface area contributed by atoms with Crippen LogP contribution in [-0.2, 0) is 0 Å². The predicted molar refractivity (Wildman–Crippen MR) is 109 cm³/mol. The number of piperidine rings is 1. The average Bonchev–Trinajstić information content (AvgIpc) is 3.47. The quantitative estimate of drug-likeness (QED) is 0.587. The highest BCUT2D eigenvalue weighted by Crippen LogP contribution is 2.34. The molecule has 0 aromatic carbocycles. The molecule has 1 aliphatic carbocycles. The molecular formula is C19H19ClFN9O. The minimum Gasteiger partial charge on any atom is -0.338 e. The Morgan fingerprint density at radius 3 is 2.39 bits per heavy atom. The summed E-state index contributed by atoms with van der Waals surface area (Å²) in [6, 6.07) is -0.470. The predicted octanol–water partition coefficient (Wildman–Crippen LogP) is 1.72. The van der Waals surface area contributed by atoms with Crippen LogP contribution in [0.3, 0.4) is 0 Å². The number of alkyl halides is 1. The second-order valence-corrected chi connectivity index (χ2v) is 8.01. The zero-order valence-electron chi connectivity index (χ0n) is 16.4. The van der Waals surface area contributed by atoms with Crippen LogP contribution < -0.4 is 4.90 Å². The molecule has 0 spiro atoms. The van der Waals surface area contributed by atoms with Crippen molar-refractivity contribution in [3.05, 3.63) is 48.0 Å². The minimum atomic E-state index is -1.23. The molecule has 2 unspecified atom stereocenters. The van der Waals surface area contributed by atoms with Crippen LogP contribution in [-0.4, -0.2) is 76.9 Å². The molecule has 3 aromatic rings. The lowest BCUT2D eigenvalue weighted by atomic mass is 10.00. The maximum absolute atomic E-state index is 15.3. The number of carbonyl (C=O) groups excluding carboxylic acids is 1. The first-order valence-corrected chi connectivity index (χ1v) is 10.3. The molecule has 1 amide bonds. The van der Waals surface area contributed by atoms with Crippen molar-refractivity contribution in [2.45, 2.75) is 37.5 Å². The van der Waals surface area contributed by atoms with Crippen molar-refractivity contribution in [2.75, 3.05) is 18.0 Å². The third-order valence-electron chi connectivity index (χ3n) is 5.44. The molecule has 1 saturated carbocycles. The Balaban J connectivity index is 1.31. The number of hydrogen-bond acceptors (Lipinski definition) is 8. The fourth-order valence-corrected chi connectivity index (χ4v) is 3.90. The third kappa shape index (κ3) is 4.05. The summed E-state index contributed by atoms with van der Waals surface area (Å²) in [7, 11) is 0. The highest BCUT2D eigenvalue weighted by atomic mass is 35.5. The van der Waals surface area contributed by atoms with Crippen LogP contribution in [0, 0.1) is 0 Å². The van der Waals surface area contributed by atoms with Crippen LogP contribution in [0.15, 0.2) is 37.4 Å².